The summed E-state index contributed by atoms with van der Waals surface area (Å²) >= 11 is 11.9. The molecule has 0 aliphatic heterocycles. The number of carbonyl (C=O) groups is 1. The minimum absolute atomic E-state index is 0.149. The van der Waals surface area contributed by atoms with E-state index in [0.29, 0.717) is 21.2 Å². The molecule has 0 heterocycles. The van der Waals surface area contributed by atoms with Gasteiger partial charge in [0, 0.05) is 23.7 Å². The fourth-order valence-electron chi connectivity index (χ4n) is 2.36. The molecule has 114 valence electrons. The van der Waals surface area contributed by atoms with Crippen LogP contribution in [0.1, 0.15) is 28.8 Å². The van der Waals surface area contributed by atoms with E-state index < -0.39 is 0 Å². The molecule has 0 bridgehead atoms. The summed E-state index contributed by atoms with van der Waals surface area (Å²) in [5.41, 5.74) is 0.987. The van der Waals surface area contributed by atoms with Crippen LogP contribution in [0.5, 0.6) is 0 Å². The van der Waals surface area contributed by atoms with E-state index >= 15 is 0 Å². The van der Waals surface area contributed by atoms with Crippen LogP contribution < -0.4 is 0 Å². The van der Waals surface area contributed by atoms with Crippen LogP contribution >= 0.6 is 23.2 Å². The van der Waals surface area contributed by atoms with Crippen LogP contribution in [-0.2, 0) is 6.54 Å². The predicted molar refractivity (Wildman–Crippen MR) is 85.8 cm³/mol. The van der Waals surface area contributed by atoms with Gasteiger partial charge in [0.2, 0.25) is 0 Å². The summed E-state index contributed by atoms with van der Waals surface area (Å²) in [7, 11) is 0. The van der Waals surface area contributed by atoms with Crippen molar-refractivity contribution in [2.24, 2.45) is 0 Å². The van der Waals surface area contributed by atoms with E-state index in [4.69, 9.17) is 23.2 Å². The number of hydrogen-bond acceptors (Lipinski definition) is 1. The standard InChI is InChI=1S/C17H14Cl2FNO/c18-14-8-5-11(9-15(14)19)17(22)21(13-6-7-13)10-12-3-1-2-4-16(12)20/h1-5,8-9,13H,6-7,10H2. The largest absolute Gasteiger partial charge is 0.331 e. The van der Waals surface area contributed by atoms with Crippen molar-refractivity contribution in [2.45, 2.75) is 25.4 Å². The van der Waals surface area contributed by atoms with Gasteiger partial charge in [-0.1, -0.05) is 41.4 Å². The molecule has 0 unspecified atom stereocenters. The van der Waals surface area contributed by atoms with E-state index in [9.17, 15) is 9.18 Å². The Kier molecular flexibility index (Phi) is 4.37. The Morgan fingerprint density at radius 2 is 1.86 bits per heavy atom. The molecule has 1 amide bonds. The van der Waals surface area contributed by atoms with E-state index in [1.165, 1.54) is 6.07 Å². The molecule has 1 fully saturated rings. The Bertz CT molecular complexity index is 716. The number of halogens is 3. The van der Waals surface area contributed by atoms with Crippen molar-refractivity contribution in [3.05, 3.63) is 69.5 Å². The van der Waals surface area contributed by atoms with Crippen LogP contribution in [0, 0.1) is 5.82 Å². The monoisotopic (exact) mass is 337 g/mol. The van der Waals surface area contributed by atoms with E-state index in [2.05, 4.69) is 0 Å². The van der Waals surface area contributed by atoms with Gasteiger partial charge in [-0.15, -0.1) is 0 Å². The molecule has 0 spiro atoms. The number of rotatable bonds is 4. The number of hydrogen-bond donors (Lipinski definition) is 0. The van der Waals surface area contributed by atoms with Crippen molar-refractivity contribution in [1.29, 1.82) is 0 Å². The topological polar surface area (TPSA) is 20.3 Å². The molecule has 2 nitrogen and oxygen atoms in total. The van der Waals surface area contributed by atoms with Crippen molar-refractivity contribution >= 4 is 29.1 Å². The molecule has 0 saturated heterocycles. The van der Waals surface area contributed by atoms with Crippen LogP contribution in [-0.4, -0.2) is 16.8 Å². The van der Waals surface area contributed by atoms with Gasteiger partial charge >= 0.3 is 0 Å². The Hall–Kier alpha value is -1.58. The molecule has 2 aromatic carbocycles. The van der Waals surface area contributed by atoms with Crippen LogP contribution in [0.4, 0.5) is 4.39 Å². The Morgan fingerprint density at radius 3 is 2.50 bits per heavy atom. The molecular weight excluding hydrogens is 324 g/mol. The predicted octanol–water partition coefficient (Wildman–Crippen LogP) is 4.94. The average Bonchev–Trinajstić information content (AvgIpc) is 3.33. The molecule has 2 aromatic rings. The summed E-state index contributed by atoms with van der Waals surface area (Å²) in [5, 5.41) is 0.749. The maximum absolute atomic E-state index is 13.8. The Morgan fingerprint density at radius 1 is 1.14 bits per heavy atom. The molecule has 0 aromatic heterocycles. The summed E-state index contributed by atoms with van der Waals surface area (Å²) in [6, 6.07) is 11.5. The third-order valence-electron chi connectivity index (χ3n) is 3.71. The van der Waals surface area contributed by atoms with Crippen molar-refractivity contribution < 1.29 is 9.18 Å². The molecule has 0 atom stereocenters. The highest BCUT2D eigenvalue weighted by molar-refractivity contribution is 6.42. The highest BCUT2D eigenvalue weighted by atomic mass is 35.5. The molecule has 0 N–H and O–H groups in total. The van der Waals surface area contributed by atoms with Crippen molar-refractivity contribution in [3.8, 4) is 0 Å². The minimum atomic E-state index is -0.296. The first-order chi connectivity index (χ1) is 10.6. The van der Waals surface area contributed by atoms with Gasteiger partial charge in [-0.05, 0) is 37.1 Å². The van der Waals surface area contributed by atoms with Gasteiger partial charge in [0.05, 0.1) is 10.0 Å². The molecule has 1 aliphatic rings. The van der Waals surface area contributed by atoms with E-state index in [1.807, 2.05) is 0 Å². The Balaban J connectivity index is 1.86. The van der Waals surface area contributed by atoms with Crippen LogP contribution in [0.3, 0.4) is 0 Å². The first-order valence-corrected chi connectivity index (χ1v) is 7.81. The molecule has 1 aliphatic carbocycles. The number of nitrogens with zero attached hydrogens (tertiary/aromatic N) is 1. The van der Waals surface area contributed by atoms with Crippen molar-refractivity contribution in [3.63, 3.8) is 0 Å². The van der Waals surface area contributed by atoms with Crippen molar-refractivity contribution in [1.82, 2.24) is 4.90 Å². The van der Waals surface area contributed by atoms with Crippen LogP contribution in [0.25, 0.3) is 0 Å². The SMILES string of the molecule is O=C(c1ccc(Cl)c(Cl)c1)N(Cc1ccccc1F)C1CC1. The summed E-state index contributed by atoms with van der Waals surface area (Å²) in [6.45, 7) is 0.260. The highest BCUT2D eigenvalue weighted by Crippen LogP contribution is 2.31. The maximum Gasteiger partial charge on any atom is 0.254 e. The van der Waals surface area contributed by atoms with Gasteiger partial charge in [0.15, 0.2) is 0 Å². The molecule has 0 radical (unpaired) electrons. The van der Waals surface area contributed by atoms with Gasteiger partial charge in [0.1, 0.15) is 5.82 Å². The first-order valence-electron chi connectivity index (χ1n) is 7.05. The highest BCUT2D eigenvalue weighted by Gasteiger charge is 2.33. The second kappa shape index (κ2) is 6.27. The summed E-state index contributed by atoms with van der Waals surface area (Å²) in [5.74, 6) is -0.445. The fraction of sp³-hybridized carbons (Fsp3) is 0.235. The lowest BCUT2D eigenvalue weighted by Crippen LogP contribution is -2.32. The molecule has 3 rings (SSSR count). The zero-order chi connectivity index (χ0) is 15.7. The molecular formula is C17H14Cl2FNO. The van der Waals surface area contributed by atoms with Gasteiger partial charge in [-0.2, -0.15) is 0 Å². The van der Waals surface area contributed by atoms with E-state index in [1.54, 1.807) is 41.3 Å². The maximum atomic E-state index is 13.8. The van der Waals surface area contributed by atoms with Gasteiger partial charge in [-0.3, -0.25) is 4.79 Å². The van der Waals surface area contributed by atoms with Gasteiger partial charge in [0.25, 0.3) is 5.91 Å². The normalized spacial score (nSPS) is 14.0. The van der Waals surface area contributed by atoms with Crippen LogP contribution in [0.2, 0.25) is 10.0 Å². The van der Waals surface area contributed by atoms with E-state index in [0.717, 1.165) is 12.8 Å². The average molecular weight is 338 g/mol. The summed E-state index contributed by atoms with van der Waals surface area (Å²) < 4.78 is 13.8. The number of carbonyl (C=O) groups excluding carboxylic acids is 1. The smallest absolute Gasteiger partial charge is 0.254 e. The summed E-state index contributed by atoms with van der Waals surface area (Å²) in [6.07, 6.45) is 1.89. The third kappa shape index (κ3) is 3.26. The first kappa shape index (κ1) is 15.3. The second-order valence-electron chi connectivity index (χ2n) is 5.38. The molecule has 1 saturated carbocycles. The van der Waals surface area contributed by atoms with Crippen molar-refractivity contribution in [2.75, 3.05) is 0 Å². The van der Waals surface area contributed by atoms with Gasteiger partial charge < -0.3 is 4.90 Å². The summed E-state index contributed by atoms with van der Waals surface area (Å²) in [4.78, 5) is 14.4. The lowest BCUT2D eigenvalue weighted by Gasteiger charge is -2.23. The fourth-order valence-corrected chi connectivity index (χ4v) is 2.66. The van der Waals surface area contributed by atoms with Crippen LogP contribution in [0.15, 0.2) is 42.5 Å². The lowest BCUT2D eigenvalue weighted by atomic mass is 10.1. The van der Waals surface area contributed by atoms with Gasteiger partial charge in [-0.25, -0.2) is 4.39 Å². The zero-order valence-corrected chi connectivity index (χ0v) is 13.2. The molecule has 22 heavy (non-hydrogen) atoms. The number of amides is 1. The Labute approximate surface area is 138 Å². The number of benzene rings is 2. The van der Waals surface area contributed by atoms with E-state index in [-0.39, 0.29) is 24.3 Å². The molecule has 5 heteroatoms. The quantitative estimate of drug-likeness (QED) is 0.773. The second-order valence-corrected chi connectivity index (χ2v) is 6.20. The third-order valence-corrected chi connectivity index (χ3v) is 4.45. The minimum Gasteiger partial charge on any atom is -0.331 e. The zero-order valence-electron chi connectivity index (χ0n) is 11.7. The lowest BCUT2D eigenvalue weighted by molar-refractivity contribution is 0.0728.